The maximum absolute atomic E-state index is 5.29. The number of aryl methyl sites for hydroxylation is 4. The smallest absolute Gasteiger partial charge is 0.0536 e. The minimum atomic E-state index is 0.865. The van der Waals surface area contributed by atoms with Crippen LogP contribution in [-0.2, 0) is 44.6 Å². The molecule has 0 fully saturated rings. The highest BCUT2D eigenvalue weighted by Crippen LogP contribution is 2.53. The Morgan fingerprint density at radius 2 is 0.642 bits per heavy atom. The first-order valence-electron chi connectivity index (χ1n) is 24.8. The standard InChI is InChI=1S/C56H72O4S7/c1-57-34-17-9-5-13-21-41-25-29-48(62-41)46-39-52(66-55(46)50-31-27-43(64-50)23-15-7-11-19-36-59-3)45-33-38-61-54(45)53-40-47(49-30-26-42(63-49)22-14-6-10-18-35-58-2)56(67-53)51-32-28-44(65-51)24-16-8-12-20-37-60-4/h25-33,38-40H,5-24,34-37H2,1-4H3. The molecule has 0 saturated carbocycles. The highest BCUT2D eigenvalue weighted by molar-refractivity contribution is 7.28. The molecule has 0 N–H and O–H groups in total. The predicted octanol–water partition coefficient (Wildman–Crippen LogP) is 19.1. The summed E-state index contributed by atoms with van der Waals surface area (Å²) >= 11 is 13.9. The maximum Gasteiger partial charge on any atom is 0.0536 e. The molecular weight excluding hydrogens is 961 g/mol. The zero-order valence-electron chi connectivity index (χ0n) is 40.4. The van der Waals surface area contributed by atoms with Gasteiger partial charge in [0.2, 0.25) is 0 Å². The first-order valence-corrected chi connectivity index (χ1v) is 30.5. The van der Waals surface area contributed by atoms with Gasteiger partial charge in [0.1, 0.15) is 0 Å². The third-order valence-electron chi connectivity index (χ3n) is 12.3. The minimum absolute atomic E-state index is 0.865. The summed E-state index contributed by atoms with van der Waals surface area (Å²) < 4.78 is 21.2. The van der Waals surface area contributed by atoms with Gasteiger partial charge in [-0.05, 0) is 149 Å². The van der Waals surface area contributed by atoms with Crippen molar-refractivity contribution < 1.29 is 18.9 Å². The second kappa shape index (κ2) is 29.2. The van der Waals surface area contributed by atoms with Crippen LogP contribution >= 0.6 is 79.4 Å². The Kier molecular flexibility index (Phi) is 22.9. The molecule has 0 aliphatic carbocycles. The van der Waals surface area contributed by atoms with Gasteiger partial charge in [-0.15, -0.1) is 79.4 Å². The van der Waals surface area contributed by atoms with E-state index in [4.69, 9.17) is 18.9 Å². The van der Waals surface area contributed by atoms with Crippen molar-refractivity contribution in [3.05, 3.63) is 91.6 Å². The van der Waals surface area contributed by atoms with Crippen molar-refractivity contribution in [3.63, 3.8) is 0 Å². The summed E-state index contributed by atoms with van der Waals surface area (Å²) in [7, 11) is 7.22. The highest BCUT2D eigenvalue weighted by atomic mass is 32.1. The molecule has 0 spiro atoms. The molecule has 7 rings (SSSR count). The van der Waals surface area contributed by atoms with E-state index in [1.165, 1.54) is 157 Å². The molecule has 362 valence electrons. The van der Waals surface area contributed by atoms with E-state index in [9.17, 15) is 0 Å². The second-order valence-electron chi connectivity index (χ2n) is 17.6. The maximum atomic E-state index is 5.29. The average molecular weight is 1030 g/mol. The van der Waals surface area contributed by atoms with Crippen LogP contribution in [0.2, 0.25) is 0 Å². The van der Waals surface area contributed by atoms with Gasteiger partial charge >= 0.3 is 0 Å². The molecule has 7 heterocycles. The number of methoxy groups -OCH3 is 4. The van der Waals surface area contributed by atoms with Gasteiger partial charge in [-0.1, -0.05) is 51.4 Å². The lowest BCUT2D eigenvalue weighted by molar-refractivity contribution is 0.192. The van der Waals surface area contributed by atoms with Crippen LogP contribution < -0.4 is 0 Å². The van der Waals surface area contributed by atoms with Crippen LogP contribution in [0.3, 0.4) is 0 Å². The fraction of sp³-hybridized carbons (Fsp3) is 0.500. The molecular formula is C56H72O4S7. The fourth-order valence-corrected chi connectivity index (χ4v) is 16.7. The van der Waals surface area contributed by atoms with Crippen molar-refractivity contribution in [2.75, 3.05) is 54.9 Å². The van der Waals surface area contributed by atoms with E-state index in [1.807, 2.05) is 79.4 Å². The first kappa shape index (κ1) is 52.6. The number of ether oxygens (including phenoxy) is 4. The Hall–Kier alpha value is -2.26. The molecule has 0 aliphatic heterocycles. The number of rotatable bonds is 34. The molecule has 0 atom stereocenters. The van der Waals surface area contributed by atoms with Crippen LogP contribution in [0.5, 0.6) is 0 Å². The SMILES string of the molecule is COCCCCCCc1ccc(-c2cc(-c3ccsc3-c3cc(-c4ccc(CCCCCCOC)s4)c(-c4ccc(CCCCCCOC)s4)s3)sc2-c2ccc(CCCCCCOC)s2)s1. The molecule has 0 unspecified atom stereocenters. The molecule has 0 radical (unpaired) electrons. The largest absolute Gasteiger partial charge is 0.385 e. The van der Waals surface area contributed by atoms with E-state index >= 15 is 0 Å². The van der Waals surface area contributed by atoms with Crippen molar-refractivity contribution in [1.82, 2.24) is 0 Å². The van der Waals surface area contributed by atoms with Gasteiger partial charge in [0.15, 0.2) is 0 Å². The molecule has 0 saturated heterocycles. The van der Waals surface area contributed by atoms with E-state index in [1.54, 1.807) is 28.4 Å². The zero-order chi connectivity index (χ0) is 46.5. The van der Waals surface area contributed by atoms with Gasteiger partial charge < -0.3 is 18.9 Å². The van der Waals surface area contributed by atoms with Crippen molar-refractivity contribution in [2.24, 2.45) is 0 Å². The van der Waals surface area contributed by atoms with E-state index in [2.05, 4.69) is 72.1 Å². The number of hydrogen-bond donors (Lipinski definition) is 0. The van der Waals surface area contributed by atoms with Gasteiger partial charge in [-0.2, -0.15) is 0 Å². The monoisotopic (exact) mass is 1030 g/mol. The molecule has 11 heteroatoms. The van der Waals surface area contributed by atoms with Gasteiger partial charge in [0.25, 0.3) is 0 Å². The Balaban J connectivity index is 1.17. The van der Waals surface area contributed by atoms with E-state index in [0.717, 1.165) is 77.8 Å². The average Bonchev–Trinajstić information content (AvgIpc) is 4.19. The van der Waals surface area contributed by atoms with Crippen LogP contribution in [0, 0.1) is 0 Å². The normalized spacial score (nSPS) is 11.8. The minimum Gasteiger partial charge on any atom is -0.385 e. The third kappa shape index (κ3) is 15.9. The zero-order valence-corrected chi connectivity index (χ0v) is 46.1. The summed E-state index contributed by atoms with van der Waals surface area (Å²) in [5.41, 5.74) is 4.15. The molecule has 7 aromatic heterocycles. The molecule has 0 aromatic carbocycles. The Morgan fingerprint density at radius 3 is 1.04 bits per heavy atom. The molecule has 0 amide bonds. The van der Waals surface area contributed by atoms with Gasteiger partial charge in [0, 0.05) is 120 Å². The van der Waals surface area contributed by atoms with Crippen molar-refractivity contribution in [3.8, 4) is 60.6 Å². The highest BCUT2D eigenvalue weighted by Gasteiger charge is 2.23. The molecule has 0 bridgehead atoms. The van der Waals surface area contributed by atoms with Crippen LogP contribution in [0.25, 0.3) is 60.6 Å². The molecule has 0 aliphatic rings. The quantitative estimate of drug-likeness (QED) is 0.0377. The van der Waals surface area contributed by atoms with E-state index in [-0.39, 0.29) is 0 Å². The lowest BCUT2D eigenvalue weighted by Crippen LogP contribution is -1.88. The van der Waals surface area contributed by atoms with Crippen LogP contribution in [0.15, 0.2) is 72.1 Å². The van der Waals surface area contributed by atoms with Gasteiger partial charge in [-0.25, -0.2) is 0 Å². The fourth-order valence-electron chi connectivity index (χ4n) is 8.63. The summed E-state index contributed by atoms with van der Waals surface area (Å²) in [6.45, 7) is 3.46. The topological polar surface area (TPSA) is 36.9 Å². The molecule has 4 nitrogen and oxygen atoms in total. The summed E-state index contributed by atoms with van der Waals surface area (Å²) in [5, 5.41) is 2.32. The Bertz CT molecular complexity index is 2120. The summed E-state index contributed by atoms with van der Waals surface area (Å²) in [6, 6.07) is 26.6. The Labute approximate surface area is 430 Å². The summed E-state index contributed by atoms with van der Waals surface area (Å²) in [5.74, 6) is 0. The van der Waals surface area contributed by atoms with Gasteiger partial charge in [-0.3, -0.25) is 0 Å². The van der Waals surface area contributed by atoms with Crippen molar-refractivity contribution in [1.29, 1.82) is 0 Å². The number of unbranched alkanes of at least 4 members (excludes halogenated alkanes) is 12. The van der Waals surface area contributed by atoms with E-state index in [0.29, 0.717) is 0 Å². The third-order valence-corrected chi connectivity index (χ3v) is 20.7. The predicted molar refractivity (Wildman–Crippen MR) is 300 cm³/mol. The van der Waals surface area contributed by atoms with Crippen LogP contribution in [-0.4, -0.2) is 54.9 Å². The number of hydrogen-bond acceptors (Lipinski definition) is 11. The van der Waals surface area contributed by atoms with Crippen molar-refractivity contribution >= 4 is 79.4 Å². The van der Waals surface area contributed by atoms with Crippen molar-refractivity contribution in [2.45, 2.75) is 128 Å². The molecule has 7 aromatic rings. The van der Waals surface area contributed by atoms with E-state index < -0.39 is 0 Å². The first-order chi connectivity index (χ1) is 33.1. The second-order valence-corrected chi connectivity index (χ2v) is 25.3. The lowest BCUT2D eigenvalue weighted by Gasteiger charge is -2.01. The van der Waals surface area contributed by atoms with Gasteiger partial charge in [0.05, 0.1) is 14.6 Å². The lowest BCUT2D eigenvalue weighted by atomic mass is 10.1. The van der Waals surface area contributed by atoms with Crippen LogP contribution in [0.1, 0.15) is 122 Å². The summed E-state index contributed by atoms with van der Waals surface area (Å²) in [6.07, 6.45) is 24.1. The van der Waals surface area contributed by atoms with Crippen LogP contribution in [0.4, 0.5) is 0 Å². The number of thiophene rings is 7. The molecule has 67 heavy (non-hydrogen) atoms. The summed E-state index contributed by atoms with van der Waals surface area (Å²) in [4.78, 5) is 18.5. The Morgan fingerprint density at radius 1 is 0.299 bits per heavy atom.